The molecule has 178 valence electrons. The third kappa shape index (κ3) is 3.75. The Morgan fingerprint density at radius 2 is 1.42 bits per heavy atom. The van der Waals surface area contributed by atoms with E-state index in [9.17, 15) is 39.9 Å². The van der Waals surface area contributed by atoms with E-state index in [-0.39, 0.29) is 23.6 Å². The van der Waals surface area contributed by atoms with E-state index in [2.05, 4.69) is 0 Å². The normalized spacial score (nSPS) is 22.9. The molecule has 1 aliphatic carbocycles. The van der Waals surface area contributed by atoms with Crippen molar-refractivity contribution >= 4 is 11.6 Å². The fraction of sp³-hybridized carbons (Fsp3) is 0.409. The zero-order valence-corrected chi connectivity index (χ0v) is 17.3. The number of rotatable bonds is 4. The Labute approximate surface area is 183 Å². The molecule has 1 N–H and O–H groups in total. The summed E-state index contributed by atoms with van der Waals surface area (Å²) in [5, 5.41) is 1.70. The molecule has 0 bridgehead atoms. The summed E-state index contributed by atoms with van der Waals surface area (Å²) in [5.74, 6) is -11.3. The Morgan fingerprint density at radius 1 is 0.909 bits per heavy atom. The first kappa shape index (κ1) is 23.5. The molecule has 1 amide bonds. The van der Waals surface area contributed by atoms with Gasteiger partial charge in [-0.05, 0) is 43.2 Å². The van der Waals surface area contributed by atoms with Crippen molar-refractivity contribution in [3.63, 3.8) is 0 Å². The van der Waals surface area contributed by atoms with Crippen LogP contribution in [0.3, 0.4) is 0 Å². The summed E-state index contributed by atoms with van der Waals surface area (Å²) in [5.41, 5.74) is -5.21. The molecule has 1 heterocycles. The summed E-state index contributed by atoms with van der Waals surface area (Å²) < 4.78 is 108. The van der Waals surface area contributed by atoms with Crippen molar-refractivity contribution in [3.8, 4) is 0 Å². The third-order valence-corrected chi connectivity index (χ3v) is 6.59. The van der Waals surface area contributed by atoms with Crippen LogP contribution >= 0.6 is 0 Å². The zero-order chi connectivity index (χ0) is 24.5. The Kier molecular flexibility index (Phi) is 5.46. The molecule has 1 aliphatic heterocycles. The van der Waals surface area contributed by atoms with E-state index < -0.39 is 52.1 Å². The molecule has 2 aliphatic rings. The molecule has 0 spiro atoms. The minimum atomic E-state index is -5.68. The van der Waals surface area contributed by atoms with Gasteiger partial charge in [0.1, 0.15) is 17.1 Å². The molecule has 2 aromatic carbocycles. The largest absolute Gasteiger partial charge is 0.422 e. The molecule has 2 unspecified atom stereocenters. The number of piperidine rings is 1. The number of halogens is 8. The van der Waals surface area contributed by atoms with E-state index in [0.29, 0.717) is 18.7 Å². The van der Waals surface area contributed by atoms with Gasteiger partial charge in [0.15, 0.2) is 23.3 Å². The number of anilines is 1. The molecule has 2 fully saturated rings. The molecule has 4 rings (SSSR count). The average Bonchev–Trinajstić information content (AvgIpc) is 3.20. The van der Waals surface area contributed by atoms with Crippen molar-refractivity contribution in [2.45, 2.75) is 31.5 Å². The van der Waals surface area contributed by atoms with Crippen LogP contribution in [0.1, 0.15) is 30.9 Å². The highest BCUT2D eigenvalue weighted by Crippen LogP contribution is 2.59. The van der Waals surface area contributed by atoms with E-state index in [4.69, 9.17) is 0 Å². The summed E-state index contributed by atoms with van der Waals surface area (Å²) in [6.07, 6.45) is -5.68. The number of amides is 1. The van der Waals surface area contributed by atoms with Crippen LogP contribution in [0, 0.1) is 40.9 Å². The molecular weight excluding hydrogens is 460 g/mol. The summed E-state index contributed by atoms with van der Waals surface area (Å²) >= 11 is 0. The van der Waals surface area contributed by atoms with Crippen LogP contribution < -0.4 is 5.32 Å². The van der Waals surface area contributed by atoms with Crippen LogP contribution in [0.5, 0.6) is 0 Å². The predicted molar refractivity (Wildman–Crippen MR) is 102 cm³/mol. The van der Waals surface area contributed by atoms with Crippen LogP contribution in [0.2, 0.25) is 0 Å². The fourth-order valence-electron chi connectivity index (χ4n) is 4.59. The monoisotopic (exact) mass is 478 g/mol. The first-order valence-corrected chi connectivity index (χ1v) is 10.0. The highest BCUT2D eigenvalue weighted by Gasteiger charge is 2.59. The van der Waals surface area contributed by atoms with Crippen molar-refractivity contribution in [1.82, 2.24) is 4.90 Å². The lowest BCUT2D eigenvalue weighted by Gasteiger charge is -2.36. The van der Waals surface area contributed by atoms with Gasteiger partial charge in [-0.1, -0.05) is 18.2 Å². The SMILES string of the molecule is CC(C)(C(=O)Nc1c(F)c(F)c(C(F)(F)F)c(F)c1F)N1CC2C(C1)C2c1ccccc1F. The van der Waals surface area contributed by atoms with Crippen molar-refractivity contribution in [2.75, 3.05) is 18.4 Å². The van der Waals surface area contributed by atoms with Gasteiger partial charge in [-0.2, -0.15) is 13.2 Å². The van der Waals surface area contributed by atoms with Crippen molar-refractivity contribution in [2.24, 2.45) is 11.8 Å². The second-order valence-electron chi connectivity index (χ2n) is 8.80. The van der Waals surface area contributed by atoms with E-state index in [1.807, 2.05) is 0 Å². The van der Waals surface area contributed by atoms with E-state index in [0.717, 1.165) is 0 Å². The second-order valence-corrected chi connectivity index (χ2v) is 8.80. The predicted octanol–water partition coefficient (Wildman–Crippen LogP) is 5.46. The third-order valence-electron chi connectivity index (χ3n) is 6.59. The average molecular weight is 478 g/mol. The van der Waals surface area contributed by atoms with Crippen molar-refractivity contribution < 1.29 is 39.9 Å². The summed E-state index contributed by atoms with van der Waals surface area (Å²) in [7, 11) is 0. The smallest absolute Gasteiger partial charge is 0.319 e. The molecule has 11 heteroatoms. The zero-order valence-electron chi connectivity index (χ0n) is 17.3. The highest BCUT2D eigenvalue weighted by molar-refractivity contribution is 5.97. The maximum Gasteiger partial charge on any atom is 0.422 e. The Morgan fingerprint density at radius 3 is 1.91 bits per heavy atom. The van der Waals surface area contributed by atoms with Gasteiger partial charge in [0.05, 0.1) is 5.54 Å². The standard InChI is InChI=1S/C22H18F8N2O/c1-21(2,32-7-10-11(8-32)13(10)9-5-3-4-6-12(9)23)20(33)31-19-17(26)15(24)14(22(28,29)30)16(25)18(19)27/h3-6,10-11,13H,7-8H2,1-2H3,(H,31,33). The van der Waals surface area contributed by atoms with Crippen molar-refractivity contribution in [1.29, 1.82) is 0 Å². The van der Waals surface area contributed by atoms with Gasteiger partial charge in [-0.25, -0.2) is 22.0 Å². The van der Waals surface area contributed by atoms with E-state index in [1.54, 1.807) is 28.4 Å². The molecule has 3 nitrogen and oxygen atoms in total. The lowest BCUT2D eigenvalue weighted by molar-refractivity contribution is -0.143. The Hall–Kier alpha value is -2.69. The quantitative estimate of drug-likeness (QED) is 0.468. The number of nitrogens with zero attached hydrogens (tertiary/aromatic N) is 1. The number of likely N-dealkylation sites (tertiary alicyclic amines) is 1. The van der Waals surface area contributed by atoms with Crippen molar-refractivity contribution in [3.05, 3.63) is 64.5 Å². The van der Waals surface area contributed by atoms with Crippen LogP contribution in [0.25, 0.3) is 0 Å². The number of hydrogen-bond donors (Lipinski definition) is 1. The lowest BCUT2D eigenvalue weighted by atomic mass is 9.99. The molecular formula is C22H18F8N2O. The molecule has 1 saturated heterocycles. The number of hydrogen-bond acceptors (Lipinski definition) is 2. The van der Waals surface area contributed by atoms with Gasteiger partial charge < -0.3 is 5.32 Å². The van der Waals surface area contributed by atoms with Gasteiger partial charge in [0.2, 0.25) is 5.91 Å². The first-order valence-electron chi connectivity index (χ1n) is 10.0. The number of carbonyl (C=O) groups is 1. The van der Waals surface area contributed by atoms with Gasteiger partial charge in [0.25, 0.3) is 0 Å². The minimum absolute atomic E-state index is 0.0331. The molecule has 0 aromatic heterocycles. The summed E-state index contributed by atoms with van der Waals surface area (Å²) in [4.78, 5) is 14.4. The molecule has 33 heavy (non-hydrogen) atoms. The van der Waals surface area contributed by atoms with Crippen LogP contribution in [0.4, 0.5) is 40.8 Å². The Bertz CT molecular complexity index is 1090. The summed E-state index contributed by atoms with van der Waals surface area (Å²) in [6, 6.07) is 6.32. The maximum absolute atomic E-state index is 14.2. The molecule has 2 aromatic rings. The molecule has 2 atom stereocenters. The van der Waals surface area contributed by atoms with Crippen LogP contribution in [0.15, 0.2) is 24.3 Å². The fourth-order valence-corrected chi connectivity index (χ4v) is 4.59. The number of alkyl halides is 3. The summed E-state index contributed by atoms with van der Waals surface area (Å²) in [6.45, 7) is 3.51. The van der Waals surface area contributed by atoms with Gasteiger partial charge in [-0.15, -0.1) is 0 Å². The maximum atomic E-state index is 14.2. The number of benzene rings is 2. The number of nitrogens with one attached hydrogen (secondary N) is 1. The van der Waals surface area contributed by atoms with Crippen LogP contribution in [-0.2, 0) is 11.0 Å². The molecule has 0 radical (unpaired) electrons. The van der Waals surface area contributed by atoms with Gasteiger partial charge in [0, 0.05) is 13.1 Å². The number of fused-ring (bicyclic) bond motifs is 1. The van der Waals surface area contributed by atoms with Crippen LogP contribution in [-0.4, -0.2) is 29.4 Å². The number of carbonyl (C=O) groups excluding carboxylic acids is 1. The van der Waals surface area contributed by atoms with Gasteiger partial charge >= 0.3 is 6.18 Å². The molecule has 1 saturated carbocycles. The highest BCUT2D eigenvalue weighted by atomic mass is 19.4. The van der Waals surface area contributed by atoms with E-state index in [1.165, 1.54) is 19.9 Å². The Balaban J connectivity index is 1.52. The second kappa shape index (κ2) is 7.68. The lowest BCUT2D eigenvalue weighted by Crippen LogP contribution is -2.52. The van der Waals surface area contributed by atoms with Gasteiger partial charge in [-0.3, -0.25) is 9.69 Å². The topological polar surface area (TPSA) is 32.3 Å². The first-order chi connectivity index (χ1) is 15.3. The minimum Gasteiger partial charge on any atom is -0.319 e. The van der Waals surface area contributed by atoms with E-state index >= 15 is 0 Å².